The van der Waals surface area contributed by atoms with Crippen LogP contribution in [0.3, 0.4) is 0 Å². The monoisotopic (exact) mass is 427 g/mol. The van der Waals surface area contributed by atoms with Crippen molar-refractivity contribution >= 4 is 40.2 Å². The fourth-order valence-corrected chi connectivity index (χ4v) is 3.92. The number of amides is 1. The maximum Gasteiger partial charge on any atom is 0.250 e. The van der Waals surface area contributed by atoms with Gasteiger partial charge in [-0.05, 0) is 77.1 Å². The van der Waals surface area contributed by atoms with Crippen molar-refractivity contribution in [2.45, 2.75) is 24.7 Å². The van der Waals surface area contributed by atoms with Crippen molar-refractivity contribution in [1.82, 2.24) is 5.48 Å². The first kappa shape index (κ1) is 21.8. The van der Waals surface area contributed by atoms with Crippen molar-refractivity contribution < 1.29 is 23.0 Å². The molecule has 1 N–H and O–H groups in total. The summed E-state index contributed by atoms with van der Waals surface area (Å²) in [6.45, 7) is 2.16. The molecular formula is C23H22FNO4S. The van der Waals surface area contributed by atoms with Gasteiger partial charge in [-0.3, -0.25) is 13.8 Å². The molecule has 1 aliphatic carbocycles. The zero-order valence-electron chi connectivity index (χ0n) is 16.7. The second-order valence-corrected chi connectivity index (χ2v) is 8.25. The predicted octanol–water partition coefficient (Wildman–Crippen LogP) is 3.92. The third kappa shape index (κ3) is 4.98. The van der Waals surface area contributed by atoms with Crippen molar-refractivity contribution in [3.63, 3.8) is 0 Å². The van der Waals surface area contributed by atoms with Crippen molar-refractivity contribution in [3.05, 3.63) is 70.5 Å². The second kappa shape index (κ2) is 9.73. The summed E-state index contributed by atoms with van der Waals surface area (Å²) in [6.07, 6.45) is 4.37. The van der Waals surface area contributed by atoms with Gasteiger partial charge in [0.25, 0.3) is 5.91 Å². The Morgan fingerprint density at radius 3 is 2.57 bits per heavy atom. The summed E-state index contributed by atoms with van der Waals surface area (Å²) in [5.41, 5.74) is 7.81. The molecule has 30 heavy (non-hydrogen) atoms. The highest BCUT2D eigenvalue weighted by Gasteiger charge is 2.24. The van der Waals surface area contributed by atoms with Crippen LogP contribution in [0.25, 0.3) is 17.2 Å². The third-order valence-corrected chi connectivity index (χ3v) is 5.82. The fraction of sp³-hybridized carbons (Fsp3) is 0.217. The number of carbonyl (C=O) groups is 2. The number of halogens is 1. The van der Waals surface area contributed by atoms with E-state index in [0.717, 1.165) is 38.3 Å². The Kier molecular flexibility index (Phi) is 7.07. The summed E-state index contributed by atoms with van der Waals surface area (Å²) in [5, 5.41) is 0. The summed E-state index contributed by atoms with van der Waals surface area (Å²) in [5.74, 6) is -0.833. The van der Waals surface area contributed by atoms with E-state index >= 15 is 0 Å². The Balaban J connectivity index is 1.85. The number of hydroxylamine groups is 1. The Morgan fingerprint density at radius 1 is 1.17 bits per heavy atom. The zero-order valence-corrected chi connectivity index (χ0v) is 17.6. The number of allylic oxidation sites excluding steroid dienone is 2. The van der Waals surface area contributed by atoms with Crippen LogP contribution in [0, 0.1) is 5.82 Å². The van der Waals surface area contributed by atoms with E-state index in [-0.39, 0.29) is 18.8 Å². The summed E-state index contributed by atoms with van der Waals surface area (Å²) in [6, 6.07) is 12.2. The average molecular weight is 427 g/mol. The highest BCUT2D eigenvalue weighted by molar-refractivity contribution is 7.84. The number of rotatable bonds is 8. The molecule has 1 aliphatic rings. The van der Waals surface area contributed by atoms with Crippen LogP contribution in [0.15, 0.2) is 52.9 Å². The van der Waals surface area contributed by atoms with E-state index in [0.29, 0.717) is 12.7 Å². The van der Waals surface area contributed by atoms with Crippen LogP contribution in [0.5, 0.6) is 0 Å². The molecule has 0 saturated heterocycles. The van der Waals surface area contributed by atoms with E-state index in [9.17, 15) is 18.2 Å². The maximum absolute atomic E-state index is 13.9. The summed E-state index contributed by atoms with van der Waals surface area (Å²) in [4.78, 5) is 27.6. The molecule has 0 radical (unpaired) electrons. The van der Waals surface area contributed by atoms with E-state index < -0.39 is 16.7 Å². The molecule has 5 nitrogen and oxygen atoms in total. The molecule has 2 aromatic carbocycles. The first-order valence-corrected chi connectivity index (χ1v) is 11.0. The number of aldehydes is 1. The summed E-state index contributed by atoms with van der Waals surface area (Å²) >= 11 is 0. The van der Waals surface area contributed by atoms with Crippen molar-refractivity contribution in [2.24, 2.45) is 0 Å². The number of nitrogens with one attached hydrogen (secondary N) is 1. The molecule has 0 aliphatic heterocycles. The Morgan fingerprint density at radius 2 is 1.90 bits per heavy atom. The molecule has 1 unspecified atom stereocenters. The number of benzene rings is 2. The minimum atomic E-state index is -1.04. The van der Waals surface area contributed by atoms with Crippen LogP contribution in [0.1, 0.15) is 36.5 Å². The van der Waals surface area contributed by atoms with Crippen LogP contribution in [0.2, 0.25) is 0 Å². The van der Waals surface area contributed by atoms with E-state index in [1.807, 2.05) is 37.3 Å². The van der Waals surface area contributed by atoms with Gasteiger partial charge in [-0.15, -0.1) is 0 Å². The third-order valence-electron chi connectivity index (χ3n) is 4.89. The molecule has 156 valence electrons. The van der Waals surface area contributed by atoms with Gasteiger partial charge in [0.15, 0.2) is 0 Å². The molecule has 0 spiro atoms. The molecule has 1 amide bonds. The quantitative estimate of drug-likeness (QED) is 0.300. The van der Waals surface area contributed by atoms with Gasteiger partial charge in [0.2, 0.25) is 0 Å². The van der Waals surface area contributed by atoms with Gasteiger partial charge < -0.3 is 4.79 Å². The van der Waals surface area contributed by atoms with E-state index in [1.54, 1.807) is 12.3 Å². The first-order chi connectivity index (χ1) is 14.4. The molecule has 3 rings (SSSR count). The smallest absolute Gasteiger partial charge is 0.250 e. The van der Waals surface area contributed by atoms with Gasteiger partial charge in [-0.2, -0.15) is 0 Å². The van der Waals surface area contributed by atoms with Gasteiger partial charge in [-0.1, -0.05) is 18.2 Å². The number of carbonyl (C=O) groups excluding carboxylic acids is 2. The molecule has 7 heteroatoms. The Hall–Kier alpha value is -2.90. The minimum Gasteiger partial charge on any atom is -0.303 e. The maximum atomic E-state index is 13.9. The molecule has 2 aromatic rings. The van der Waals surface area contributed by atoms with Crippen molar-refractivity contribution in [2.75, 3.05) is 12.9 Å². The van der Waals surface area contributed by atoms with Crippen LogP contribution in [-0.2, 0) is 25.2 Å². The van der Waals surface area contributed by atoms with Gasteiger partial charge in [0, 0.05) is 22.0 Å². The van der Waals surface area contributed by atoms with Gasteiger partial charge in [0.05, 0.1) is 13.0 Å². The first-order valence-electron chi connectivity index (χ1n) is 9.40. The predicted molar refractivity (Wildman–Crippen MR) is 115 cm³/mol. The molecule has 1 atom stereocenters. The zero-order chi connectivity index (χ0) is 21.7. The summed E-state index contributed by atoms with van der Waals surface area (Å²) in [7, 11) is -1.04. The lowest BCUT2D eigenvalue weighted by Gasteiger charge is -2.08. The van der Waals surface area contributed by atoms with Crippen molar-refractivity contribution in [3.8, 4) is 0 Å². The van der Waals surface area contributed by atoms with Crippen LogP contribution in [0.4, 0.5) is 4.39 Å². The second-order valence-electron chi connectivity index (χ2n) is 6.87. The molecule has 0 heterocycles. The molecule has 0 fully saturated rings. The topological polar surface area (TPSA) is 72.5 Å². The minimum absolute atomic E-state index is 0.192. The van der Waals surface area contributed by atoms with E-state index in [4.69, 9.17) is 4.84 Å². The summed E-state index contributed by atoms with van der Waals surface area (Å²) < 4.78 is 25.5. The van der Waals surface area contributed by atoms with Crippen LogP contribution < -0.4 is 5.48 Å². The molecule has 0 bridgehead atoms. The Bertz CT molecular complexity index is 1060. The largest absolute Gasteiger partial charge is 0.303 e. The van der Waals surface area contributed by atoms with E-state index in [1.165, 1.54) is 12.1 Å². The lowest BCUT2D eigenvalue weighted by atomic mass is 10.0. The molecular weight excluding hydrogens is 405 g/mol. The average Bonchev–Trinajstić information content (AvgIpc) is 2.96. The lowest BCUT2D eigenvalue weighted by molar-refractivity contribution is -0.134. The van der Waals surface area contributed by atoms with Gasteiger partial charge in [-0.25, -0.2) is 9.87 Å². The standard InChI is InChI=1S/C23H22FNO4S/c1-15-19(10-12-29-25-23(27)9-11-26)22-14-17(24)5-8-20(22)21(15)13-16-3-6-18(7-4-16)30(2)28/h3-8,11,13-14H,9-10,12H2,1-2H3,(H,25,27)/b21-13-. The van der Waals surface area contributed by atoms with Gasteiger partial charge in [0.1, 0.15) is 12.1 Å². The highest BCUT2D eigenvalue weighted by atomic mass is 32.2. The highest BCUT2D eigenvalue weighted by Crippen LogP contribution is 2.43. The van der Waals surface area contributed by atoms with Crippen LogP contribution in [-0.4, -0.2) is 29.3 Å². The normalized spacial score (nSPS) is 15.2. The number of hydrogen-bond acceptors (Lipinski definition) is 4. The lowest BCUT2D eigenvalue weighted by Crippen LogP contribution is -2.24. The fourth-order valence-electron chi connectivity index (χ4n) is 3.40. The van der Waals surface area contributed by atoms with Crippen molar-refractivity contribution in [1.29, 1.82) is 0 Å². The molecule has 0 saturated carbocycles. The Labute approximate surface area is 177 Å². The van der Waals surface area contributed by atoms with Crippen LogP contribution >= 0.6 is 0 Å². The number of hydrogen-bond donors (Lipinski definition) is 1. The van der Waals surface area contributed by atoms with Gasteiger partial charge >= 0.3 is 0 Å². The molecule has 0 aromatic heterocycles. The van der Waals surface area contributed by atoms with E-state index in [2.05, 4.69) is 5.48 Å². The number of fused-ring (bicyclic) bond motifs is 1. The SMILES string of the molecule is CC1=C(CCONC(=O)CC=O)c2cc(F)ccc2/C1=C\c1ccc(S(C)=O)cc1.